The largest absolute Gasteiger partial charge is 0.368 e. The second-order valence-electron chi connectivity index (χ2n) is 4.46. The van der Waals surface area contributed by atoms with Crippen LogP contribution in [0.2, 0.25) is 0 Å². The number of nitrogens with zero attached hydrogens (tertiary/aromatic N) is 3. The summed E-state index contributed by atoms with van der Waals surface area (Å²) in [5, 5.41) is 0. The zero-order chi connectivity index (χ0) is 14.8. The van der Waals surface area contributed by atoms with Crippen molar-refractivity contribution in [3.63, 3.8) is 0 Å². The highest BCUT2D eigenvalue weighted by atomic mass is 32.2. The van der Waals surface area contributed by atoms with Gasteiger partial charge in [0.15, 0.2) is 0 Å². The number of nitrogen functional groups attached to an aromatic ring is 1. The van der Waals surface area contributed by atoms with Gasteiger partial charge >= 0.3 is 0 Å². The van der Waals surface area contributed by atoms with Gasteiger partial charge in [0.1, 0.15) is 4.90 Å². The molecule has 0 aliphatic heterocycles. The van der Waals surface area contributed by atoms with Gasteiger partial charge in [-0.1, -0.05) is 24.3 Å². The maximum absolute atomic E-state index is 12.4. The molecule has 2 aromatic rings. The van der Waals surface area contributed by atoms with Crippen LogP contribution in [0.15, 0.2) is 41.6 Å². The van der Waals surface area contributed by atoms with Crippen LogP contribution < -0.4 is 5.73 Å². The molecule has 0 aliphatic rings. The van der Waals surface area contributed by atoms with Crippen LogP contribution in [0.3, 0.4) is 0 Å². The zero-order valence-corrected chi connectivity index (χ0v) is 12.1. The van der Waals surface area contributed by atoms with E-state index in [9.17, 15) is 8.42 Å². The van der Waals surface area contributed by atoms with Gasteiger partial charge < -0.3 is 5.73 Å². The van der Waals surface area contributed by atoms with Crippen LogP contribution >= 0.6 is 0 Å². The fourth-order valence-electron chi connectivity index (χ4n) is 1.75. The second-order valence-corrected chi connectivity index (χ2v) is 6.51. The molecule has 0 saturated heterocycles. The predicted molar refractivity (Wildman–Crippen MR) is 76.3 cm³/mol. The van der Waals surface area contributed by atoms with Crippen molar-refractivity contribution in [2.75, 3.05) is 12.8 Å². The van der Waals surface area contributed by atoms with Gasteiger partial charge in [-0.15, -0.1) is 0 Å². The van der Waals surface area contributed by atoms with Crippen molar-refractivity contribution in [1.82, 2.24) is 14.3 Å². The molecule has 1 aromatic heterocycles. The standard InChI is InChI=1S/C13H16N4O2S/c1-10-5-3-4-6-11(10)9-17(2)20(18,19)12-7-15-13(14)16-8-12/h3-8H,9H2,1-2H3,(H2,14,15,16). The minimum Gasteiger partial charge on any atom is -0.368 e. The van der Waals surface area contributed by atoms with Crippen LogP contribution in [0.4, 0.5) is 5.95 Å². The Kier molecular flexibility index (Phi) is 4.01. The molecule has 0 saturated carbocycles. The summed E-state index contributed by atoms with van der Waals surface area (Å²) in [5.74, 6) is 0.0468. The molecule has 6 nitrogen and oxygen atoms in total. The Balaban J connectivity index is 2.26. The van der Waals surface area contributed by atoms with E-state index in [4.69, 9.17) is 5.73 Å². The smallest absolute Gasteiger partial charge is 0.246 e. The first-order valence-electron chi connectivity index (χ1n) is 5.99. The lowest BCUT2D eigenvalue weighted by atomic mass is 10.1. The molecule has 7 heteroatoms. The van der Waals surface area contributed by atoms with E-state index in [1.54, 1.807) is 0 Å². The third kappa shape index (κ3) is 2.94. The highest BCUT2D eigenvalue weighted by molar-refractivity contribution is 7.89. The topological polar surface area (TPSA) is 89.2 Å². The van der Waals surface area contributed by atoms with E-state index in [1.807, 2.05) is 31.2 Å². The number of sulfonamides is 1. The molecule has 20 heavy (non-hydrogen) atoms. The van der Waals surface area contributed by atoms with Gasteiger partial charge in [-0.2, -0.15) is 4.31 Å². The van der Waals surface area contributed by atoms with Crippen LogP contribution in [0.1, 0.15) is 11.1 Å². The Morgan fingerprint density at radius 1 is 1.20 bits per heavy atom. The highest BCUT2D eigenvalue weighted by Crippen LogP contribution is 2.17. The van der Waals surface area contributed by atoms with E-state index in [1.165, 1.54) is 23.7 Å². The van der Waals surface area contributed by atoms with Crippen molar-refractivity contribution < 1.29 is 8.42 Å². The first kappa shape index (κ1) is 14.4. The SMILES string of the molecule is Cc1ccccc1CN(C)S(=O)(=O)c1cnc(N)nc1. The molecule has 1 heterocycles. The van der Waals surface area contributed by atoms with Crippen LogP contribution in [-0.4, -0.2) is 29.7 Å². The fraction of sp³-hybridized carbons (Fsp3) is 0.231. The molecule has 0 radical (unpaired) electrons. The summed E-state index contributed by atoms with van der Waals surface area (Å²) in [6, 6.07) is 7.65. The molecule has 0 fully saturated rings. The summed E-state index contributed by atoms with van der Waals surface area (Å²) in [4.78, 5) is 7.46. The molecule has 2 rings (SSSR count). The number of rotatable bonds is 4. The van der Waals surface area contributed by atoms with E-state index in [0.717, 1.165) is 11.1 Å². The first-order valence-corrected chi connectivity index (χ1v) is 7.43. The lowest BCUT2D eigenvalue weighted by molar-refractivity contribution is 0.465. The van der Waals surface area contributed by atoms with Gasteiger partial charge in [-0.25, -0.2) is 18.4 Å². The van der Waals surface area contributed by atoms with Crippen molar-refractivity contribution in [3.8, 4) is 0 Å². The first-order chi connectivity index (χ1) is 9.41. The molecule has 0 spiro atoms. The third-order valence-electron chi connectivity index (χ3n) is 3.01. The number of nitrogens with two attached hydrogens (primary N) is 1. The van der Waals surface area contributed by atoms with Crippen molar-refractivity contribution >= 4 is 16.0 Å². The summed E-state index contributed by atoms with van der Waals surface area (Å²) in [6.45, 7) is 2.24. The molecule has 1 aromatic carbocycles. The number of aryl methyl sites for hydroxylation is 1. The van der Waals surface area contributed by atoms with E-state index < -0.39 is 10.0 Å². The van der Waals surface area contributed by atoms with Crippen molar-refractivity contribution in [3.05, 3.63) is 47.8 Å². The molecular formula is C13H16N4O2S. The van der Waals surface area contributed by atoms with Gasteiger partial charge in [0.05, 0.1) is 12.4 Å². The van der Waals surface area contributed by atoms with Gasteiger partial charge in [0, 0.05) is 13.6 Å². The normalized spacial score (nSPS) is 11.8. The quantitative estimate of drug-likeness (QED) is 0.914. The minimum absolute atomic E-state index is 0.0304. The molecule has 0 atom stereocenters. The maximum atomic E-state index is 12.4. The lowest BCUT2D eigenvalue weighted by Crippen LogP contribution is -2.27. The van der Waals surface area contributed by atoms with E-state index in [0.29, 0.717) is 6.54 Å². The average molecular weight is 292 g/mol. The number of aromatic nitrogens is 2. The summed E-state index contributed by atoms with van der Waals surface area (Å²) in [7, 11) is -2.09. The van der Waals surface area contributed by atoms with Crippen LogP contribution in [0.25, 0.3) is 0 Å². The van der Waals surface area contributed by atoms with E-state index in [2.05, 4.69) is 9.97 Å². The van der Waals surface area contributed by atoms with Crippen LogP contribution in [0, 0.1) is 6.92 Å². The summed E-state index contributed by atoms with van der Waals surface area (Å²) < 4.78 is 26.0. The van der Waals surface area contributed by atoms with Crippen molar-refractivity contribution in [2.45, 2.75) is 18.4 Å². The number of hydrogen-bond acceptors (Lipinski definition) is 5. The molecule has 106 valence electrons. The third-order valence-corrected chi connectivity index (χ3v) is 4.77. The number of benzene rings is 1. The molecule has 0 amide bonds. The minimum atomic E-state index is -3.62. The molecule has 2 N–H and O–H groups in total. The summed E-state index contributed by atoms with van der Waals surface area (Å²) >= 11 is 0. The van der Waals surface area contributed by atoms with Gasteiger partial charge in [0.2, 0.25) is 16.0 Å². The van der Waals surface area contributed by atoms with Gasteiger partial charge in [-0.05, 0) is 18.1 Å². The fourth-order valence-corrected chi connectivity index (χ4v) is 2.79. The average Bonchev–Trinajstić information content (AvgIpc) is 2.41. The molecule has 0 unspecified atom stereocenters. The van der Waals surface area contributed by atoms with Crippen molar-refractivity contribution in [1.29, 1.82) is 0 Å². The predicted octanol–water partition coefficient (Wildman–Crippen LogP) is 1.19. The molecule has 0 bridgehead atoms. The van der Waals surface area contributed by atoms with Crippen LogP contribution in [-0.2, 0) is 16.6 Å². The maximum Gasteiger partial charge on any atom is 0.246 e. The highest BCUT2D eigenvalue weighted by Gasteiger charge is 2.22. The second kappa shape index (κ2) is 5.56. The Morgan fingerprint density at radius 2 is 1.80 bits per heavy atom. The summed E-state index contributed by atoms with van der Waals surface area (Å²) in [5.41, 5.74) is 7.36. The number of hydrogen-bond donors (Lipinski definition) is 1. The van der Waals surface area contributed by atoms with Crippen molar-refractivity contribution in [2.24, 2.45) is 0 Å². The molecule has 0 aliphatic carbocycles. The molecular weight excluding hydrogens is 276 g/mol. The van der Waals surface area contributed by atoms with Gasteiger partial charge in [-0.3, -0.25) is 0 Å². The van der Waals surface area contributed by atoms with E-state index in [-0.39, 0.29) is 10.8 Å². The Bertz CT molecular complexity index is 699. The Morgan fingerprint density at radius 3 is 2.40 bits per heavy atom. The van der Waals surface area contributed by atoms with E-state index >= 15 is 0 Å². The number of anilines is 1. The Hall–Kier alpha value is -1.99. The lowest BCUT2D eigenvalue weighted by Gasteiger charge is -2.18. The van der Waals surface area contributed by atoms with Crippen LogP contribution in [0.5, 0.6) is 0 Å². The summed E-state index contributed by atoms with van der Waals surface area (Å²) in [6.07, 6.45) is 2.43. The van der Waals surface area contributed by atoms with Gasteiger partial charge in [0.25, 0.3) is 0 Å². The monoisotopic (exact) mass is 292 g/mol. The zero-order valence-electron chi connectivity index (χ0n) is 11.3. The Labute approximate surface area is 118 Å².